The van der Waals surface area contributed by atoms with Crippen molar-refractivity contribution < 1.29 is 9.34 Å². The highest BCUT2D eigenvalue weighted by molar-refractivity contribution is 8.93. The van der Waals surface area contributed by atoms with Crippen LogP contribution in [0, 0.1) is 15.5 Å². The third-order valence-corrected chi connectivity index (χ3v) is 1.94. The summed E-state index contributed by atoms with van der Waals surface area (Å²) in [6, 6.07) is 2.77. The monoisotopic (exact) mass is 281 g/mol. The van der Waals surface area contributed by atoms with Gasteiger partial charge in [0.05, 0.1) is 11.8 Å². The summed E-state index contributed by atoms with van der Waals surface area (Å²) in [6.07, 6.45) is 0. The van der Waals surface area contributed by atoms with Gasteiger partial charge in [-0.1, -0.05) is 11.8 Å². The average Bonchev–Trinajstić information content (AvgIpc) is 2.48. The molecule has 0 aliphatic rings. The molecular weight excluding hydrogens is 274 g/mol. The molecule has 0 saturated heterocycles. The first kappa shape index (κ1) is 13.0. The number of nitrogens with two attached hydrogens (primary N) is 1. The Morgan fingerprint density at radius 2 is 2.36 bits per heavy atom. The van der Waals surface area contributed by atoms with E-state index in [0.717, 1.165) is 11.8 Å². The zero-order valence-corrected chi connectivity index (χ0v) is 9.46. The number of hydrogen-bond acceptors (Lipinski definition) is 5. The van der Waals surface area contributed by atoms with E-state index in [4.69, 9.17) is 15.6 Å². The lowest BCUT2D eigenvalue weighted by Crippen LogP contribution is -2.03. The third kappa shape index (κ3) is 3.79. The molecule has 0 atom stereocenters. The molecule has 8 heteroatoms. The Bertz CT molecular complexity index is 341. The lowest BCUT2D eigenvalue weighted by atomic mass is 10.5. The van der Waals surface area contributed by atoms with Crippen molar-refractivity contribution >= 4 is 39.8 Å². The summed E-state index contributed by atoms with van der Waals surface area (Å²) in [5, 5.41) is 17.0. The van der Waals surface area contributed by atoms with Crippen molar-refractivity contribution in [3.63, 3.8) is 0 Å². The largest absolute Gasteiger partial charge is 0.433 e. The fourth-order valence-electron chi connectivity index (χ4n) is 0.691. The highest BCUT2D eigenvalue weighted by Crippen LogP contribution is 2.19. The van der Waals surface area contributed by atoms with Crippen molar-refractivity contribution in [1.82, 2.24) is 0 Å². The van der Waals surface area contributed by atoms with Crippen LogP contribution in [0.1, 0.15) is 5.76 Å². The summed E-state index contributed by atoms with van der Waals surface area (Å²) in [6.45, 7) is 0. The van der Waals surface area contributed by atoms with Crippen LogP contribution >= 0.6 is 28.7 Å². The summed E-state index contributed by atoms with van der Waals surface area (Å²) in [7, 11) is 0. The lowest BCUT2D eigenvalue weighted by molar-refractivity contribution is -0.402. The summed E-state index contributed by atoms with van der Waals surface area (Å²) in [5.74, 6) is 0.481. The number of nitro groups is 1. The summed E-state index contributed by atoms with van der Waals surface area (Å²) < 4.78 is 4.82. The van der Waals surface area contributed by atoms with Gasteiger partial charge in [-0.05, 0) is 6.07 Å². The van der Waals surface area contributed by atoms with Crippen LogP contribution in [0.25, 0.3) is 0 Å². The molecule has 0 aliphatic heterocycles. The summed E-state index contributed by atoms with van der Waals surface area (Å²) in [4.78, 5) is 9.58. The Kier molecular flexibility index (Phi) is 5.24. The SMILES string of the molecule is Br.N=C(N)SCc1ccc([N+](=O)[O-])o1. The van der Waals surface area contributed by atoms with E-state index in [9.17, 15) is 10.1 Å². The Hall–Kier alpha value is -1.02. The van der Waals surface area contributed by atoms with Crippen LogP contribution in [-0.2, 0) is 5.75 Å². The number of rotatable bonds is 3. The van der Waals surface area contributed by atoms with Crippen LogP contribution in [0.2, 0.25) is 0 Å². The summed E-state index contributed by atoms with van der Waals surface area (Å²) in [5.41, 5.74) is 5.08. The topological polar surface area (TPSA) is 106 Å². The van der Waals surface area contributed by atoms with E-state index in [1.54, 1.807) is 0 Å². The molecule has 1 heterocycles. The molecule has 0 bridgehead atoms. The number of nitrogens with zero attached hydrogens (tertiary/aromatic N) is 1. The van der Waals surface area contributed by atoms with Crippen LogP contribution in [0.3, 0.4) is 0 Å². The van der Waals surface area contributed by atoms with Gasteiger partial charge < -0.3 is 10.2 Å². The molecule has 0 spiro atoms. The Labute approximate surface area is 94.3 Å². The maximum atomic E-state index is 10.2. The molecule has 0 aliphatic carbocycles. The molecule has 0 amide bonds. The van der Waals surface area contributed by atoms with Gasteiger partial charge in [-0.25, -0.2) is 0 Å². The Balaban J connectivity index is 0.00000169. The Morgan fingerprint density at radius 1 is 1.71 bits per heavy atom. The number of hydrogen-bond donors (Lipinski definition) is 2. The third-order valence-electron chi connectivity index (χ3n) is 1.20. The molecule has 3 N–H and O–H groups in total. The van der Waals surface area contributed by atoms with E-state index >= 15 is 0 Å². The molecule has 1 rings (SSSR count). The first-order valence-electron chi connectivity index (χ1n) is 3.29. The molecule has 14 heavy (non-hydrogen) atoms. The number of furan rings is 1. The maximum absolute atomic E-state index is 10.2. The van der Waals surface area contributed by atoms with Gasteiger partial charge in [-0.3, -0.25) is 15.5 Å². The highest BCUT2D eigenvalue weighted by atomic mass is 79.9. The normalized spacial score (nSPS) is 9.14. The van der Waals surface area contributed by atoms with Crippen molar-refractivity contribution in [2.45, 2.75) is 5.75 Å². The zero-order valence-electron chi connectivity index (χ0n) is 6.93. The maximum Gasteiger partial charge on any atom is 0.433 e. The van der Waals surface area contributed by atoms with Crippen molar-refractivity contribution in [3.05, 3.63) is 28.0 Å². The summed E-state index contributed by atoms with van der Waals surface area (Å²) >= 11 is 1.05. The van der Waals surface area contributed by atoms with Crippen LogP contribution in [0.5, 0.6) is 0 Å². The highest BCUT2D eigenvalue weighted by Gasteiger charge is 2.11. The van der Waals surface area contributed by atoms with Gasteiger partial charge in [-0.15, -0.1) is 17.0 Å². The van der Waals surface area contributed by atoms with Crippen molar-refractivity contribution in [3.8, 4) is 0 Å². The fourth-order valence-corrected chi connectivity index (χ4v) is 1.14. The minimum atomic E-state index is -0.609. The molecule has 0 aromatic carbocycles. The second-order valence-corrected chi connectivity index (χ2v) is 3.17. The molecule has 78 valence electrons. The fraction of sp³-hybridized carbons (Fsp3) is 0.167. The average molecular weight is 282 g/mol. The van der Waals surface area contributed by atoms with Crippen molar-refractivity contribution in [1.29, 1.82) is 5.41 Å². The van der Waals surface area contributed by atoms with E-state index in [2.05, 4.69) is 0 Å². The van der Waals surface area contributed by atoms with Gasteiger partial charge >= 0.3 is 5.88 Å². The quantitative estimate of drug-likeness (QED) is 0.381. The van der Waals surface area contributed by atoms with Crippen molar-refractivity contribution in [2.24, 2.45) is 5.73 Å². The predicted molar refractivity (Wildman–Crippen MR) is 58.9 cm³/mol. The number of thioether (sulfide) groups is 1. The van der Waals surface area contributed by atoms with E-state index in [1.165, 1.54) is 12.1 Å². The van der Waals surface area contributed by atoms with Gasteiger partial charge in [0, 0.05) is 0 Å². The van der Waals surface area contributed by atoms with Crippen LogP contribution in [-0.4, -0.2) is 10.1 Å². The second kappa shape index (κ2) is 5.66. The molecule has 1 aromatic rings. The standard InChI is InChI=1S/C6H7N3O3S.BrH/c7-6(8)13-3-4-1-2-5(12-4)9(10)11;/h1-2H,3H2,(H3,7,8);1H. The van der Waals surface area contributed by atoms with Crippen LogP contribution < -0.4 is 5.73 Å². The number of amidine groups is 1. The number of nitrogens with one attached hydrogen (secondary N) is 1. The Morgan fingerprint density at radius 3 is 2.79 bits per heavy atom. The van der Waals surface area contributed by atoms with Gasteiger partial charge in [0.15, 0.2) is 5.17 Å². The number of halogens is 1. The van der Waals surface area contributed by atoms with E-state index < -0.39 is 4.92 Å². The minimum Gasteiger partial charge on any atom is -0.405 e. The van der Waals surface area contributed by atoms with E-state index in [-0.39, 0.29) is 28.0 Å². The van der Waals surface area contributed by atoms with Gasteiger partial charge in [0.2, 0.25) is 0 Å². The molecule has 6 nitrogen and oxygen atoms in total. The lowest BCUT2D eigenvalue weighted by Gasteiger charge is -1.92. The molecule has 0 unspecified atom stereocenters. The first-order valence-corrected chi connectivity index (χ1v) is 4.28. The first-order chi connectivity index (χ1) is 6.09. The smallest absolute Gasteiger partial charge is 0.405 e. The van der Waals surface area contributed by atoms with E-state index in [0.29, 0.717) is 11.5 Å². The zero-order chi connectivity index (χ0) is 9.84. The molecular formula is C6H8BrN3O3S. The molecule has 0 saturated carbocycles. The second-order valence-electron chi connectivity index (χ2n) is 2.15. The molecule has 0 fully saturated rings. The van der Waals surface area contributed by atoms with E-state index in [1.807, 2.05) is 0 Å². The van der Waals surface area contributed by atoms with Gasteiger partial charge in [0.25, 0.3) is 0 Å². The van der Waals surface area contributed by atoms with Crippen LogP contribution in [0.15, 0.2) is 16.5 Å². The molecule has 1 aromatic heterocycles. The van der Waals surface area contributed by atoms with Gasteiger partial charge in [0.1, 0.15) is 10.7 Å². The van der Waals surface area contributed by atoms with Crippen molar-refractivity contribution in [2.75, 3.05) is 0 Å². The predicted octanol–water partition coefficient (Wildman–Crippen LogP) is 1.89. The van der Waals surface area contributed by atoms with Gasteiger partial charge in [-0.2, -0.15) is 0 Å². The molecule has 0 radical (unpaired) electrons. The van der Waals surface area contributed by atoms with Crippen LogP contribution in [0.4, 0.5) is 5.88 Å². The minimum absolute atomic E-state index is 0.